The third-order valence-corrected chi connectivity index (χ3v) is 1.88. The summed E-state index contributed by atoms with van der Waals surface area (Å²) in [4.78, 5) is 0. The highest BCUT2D eigenvalue weighted by molar-refractivity contribution is 5.56. The molecule has 1 rings (SSSR count). The van der Waals surface area contributed by atoms with Gasteiger partial charge in [-0.05, 0) is 26.0 Å². The summed E-state index contributed by atoms with van der Waals surface area (Å²) >= 11 is 0. The lowest BCUT2D eigenvalue weighted by Gasteiger charge is -2.19. The van der Waals surface area contributed by atoms with Crippen molar-refractivity contribution >= 4 is 5.69 Å². The molecule has 0 aliphatic carbocycles. The molecule has 0 radical (unpaired) electrons. The van der Waals surface area contributed by atoms with Crippen molar-refractivity contribution in [2.24, 2.45) is 0 Å². The number of anilines is 1. The Kier molecular flexibility index (Phi) is 3.52. The van der Waals surface area contributed by atoms with E-state index in [4.69, 9.17) is 4.74 Å². The summed E-state index contributed by atoms with van der Waals surface area (Å²) in [6, 6.07) is 4.22. The first kappa shape index (κ1) is 11.8. The van der Waals surface area contributed by atoms with Crippen molar-refractivity contribution < 1.29 is 14.2 Å². The van der Waals surface area contributed by atoms with Crippen LogP contribution in [0.2, 0.25) is 0 Å². The Morgan fingerprint density at radius 2 is 2.13 bits per heavy atom. The third-order valence-electron chi connectivity index (χ3n) is 1.88. The Hall–Kier alpha value is -1.29. The SMILES string of the molecule is COc1cc(F)ccc1NCC(C)(C)O. The van der Waals surface area contributed by atoms with Crippen LogP contribution in [-0.2, 0) is 0 Å². The molecule has 15 heavy (non-hydrogen) atoms. The smallest absolute Gasteiger partial charge is 0.144 e. The van der Waals surface area contributed by atoms with E-state index in [1.165, 1.54) is 19.2 Å². The van der Waals surface area contributed by atoms with E-state index in [1.807, 2.05) is 0 Å². The van der Waals surface area contributed by atoms with E-state index in [2.05, 4.69) is 5.32 Å². The van der Waals surface area contributed by atoms with Crippen LogP contribution < -0.4 is 10.1 Å². The van der Waals surface area contributed by atoms with Gasteiger partial charge in [-0.25, -0.2) is 4.39 Å². The minimum Gasteiger partial charge on any atom is -0.494 e. The Bertz CT molecular complexity index is 334. The maximum absolute atomic E-state index is 12.9. The first-order valence-corrected chi connectivity index (χ1v) is 4.72. The summed E-state index contributed by atoms with van der Waals surface area (Å²) < 4.78 is 17.9. The highest BCUT2D eigenvalue weighted by Crippen LogP contribution is 2.25. The molecule has 0 saturated heterocycles. The number of halogens is 1. The summed E-state index contributed by atoms with van der Waals surface area (Å²) in [7, 11) is 1.48. The van der Waals surface area contributed by atoms with Gasteiger partial charge in [0, 0.05) is 12.6 Å². The van der Waals surface area contributed by atoms with Crippen molar-refractivity contribution in [3.05, 3.63) is 24.0 Å². The van der Waals surface area contributed by atoms with Crippen molar-refractivity contribution in [3.8, 4) is 5.75 Å². The molecule has 0 spiro atoms. The van der Waals surface area contributed by atoms with E-state index < -0.39 is 5.60 Å². The Labute approximate surface area is 88.9 Å². The van der Waals surface area contributed by atoms with E-state index in [0.717, 1.165) is 0 Å². The fourth-order valence-corrected chi connectivity index (χ4v) is 1.12. The van der Waals surface area contributed by atoms with E-state index >= 15 is 0 Å². The van der Waals surface area contributed by atoms with Gasteiger partial charge < -0.3 is 15.2 Å². The quantitative estimate of drug-likeness (QED) is 0.804. The van der Waals surface area contributed by atoms with Crippen LogP contribution in [0.5, 0.6) is 5.75 Å². The van der Waals surface area contributed by atoms with E-state index in [1.54, 1.807) is 19.9 Å². The average molecular weight is 213 g/mol. The molecule has 3 nitrogen and oxygen atoms in total. The maximum atomic E-state index is 12.9. The molecule has 0 aromatic heterocycles. The zero-order valence-corrected chi connectivity index (χ0v) is 9.17. The largest absolute Gasteiger partial charge is 0.494 e. The van der Waals surface area contributed by atoms with Crippen LogP contribution in [-0.4, -0.2) is 24.4 Å². The van der Waals surface area contributed by atoms with Gasteiger partial charge in [0.2, 0.25) is 0 Å². The number of aliphatic hydroxyl groups is 1. The third kappa shape index (κ3) is 3.75. The zero-order chi connectivity index (χ0) is 11.5. The van der Waals surface area contributed by atoms with E-state index in [9.17, 15) is 9.50 Å². The molecule has 0 aliphatic rings. The molecule has 1 aromatic carbocycles. The standard InChI is InChI=1S/C11H16FNO2/c1-11(2,14)7-13-9-5-4-8(12)6-10(9)15-3/h4-6,13-14H,7H2,1-3H3. The first-order chi connectivity index (χ1) is 6.92. The molecule has 0 unspecified atom stereocenters. The second-order valence-corrected chi connectivity index (χ2v) is 4.01. The van der Waals surface area contributed by atoms with E-state index in [0.29, 0.717) is 18.0 Å². The molecular weight excluding hydrogens is 197 g/mol. The van der Waals surface area contributed by atoms with Crippen LogP contribution in [0.3, 0.4) is 0 Å². The Morgan fingerprint density at radius 1 is 1.47 bits per heavy atom. The predicted molar refractivity (Wildman–Crippen MR) is 57.7 cm³/mol. The number of hydrogen-bond acceptors (Lipinski definition) is 3. The predicted octanol–water partition coefficient (Wildman–Crippen LogP) is 2.02. The van der Waals surface area contributed by atoms with Crippen molar-refractivity contribution in [1.29, 1.82) is 0 Å². The normalized spacial score (nSPS) is 11.3. The molecule has 2 N–H and O–H groups in total. The summed E-state index contributed by atoms with van der Waals surface area (Å²) in [5, 5.41) is 12.5. The number of benzene rings is 1. The van der Waals surface area contributed by atoms with Gasteiger partial charge in [-0.1, -0.05) is 0 Å². The molecule has 84 valence electrons. The van der Waals surface area contributed by atoms with Gasteiger partial charge in [-0.3, -0.25) is 0 Å². The minimum atomic E-state index is -0.820. The van der Waals surface area contributed by atoms with Gasteiger partial charge in [0.05, 0.1) is 18.4 Å². The lowest BCUT2D eigenvalue weighted by molar-refractivity contribution is 0.0945. The van der Waals surface area contributed by atoms with Crippen LogP contribution in [0.1, 0.15) is 13.8 Å². The van der Waals surface area contributed by atoms with Crippen LogP contribution in [0, 0.1) is 5.82 Å². The minimum absolute atomic E-state index is 0.347. The number of nitrogens with one attached hydrogen (secondary N) is 1. The molecule has 0 atom stereocenters. The van der Waals surface area contributed by atoms with Gasteiger partial charge in [0.25, 0.3) is 0 Å². The van der Waals surface area contributed by atoms with Crippen LogP contribution >= 0.6 is 0 Å². The lowest BCUT2D eigenvalue weighted by Crippen LogP contribution is -2.29. The molecule has 0 fully saturated rings. The van der Waals surface area contributed by atoms with Gasteiger partial charge in [-0.15, -0.1) is 0 Å². The second kappa shape index (κ2) is 4.49. The summed E-state index contributed by atoms with van der Waals surface area (Å²) in [5.41, 5.74) is -0.152. The number of methoxy groups -OCH3 is 1. The summed E-state index contributed by atoms with van der Waals surface area (Å²) in [5.74, 6) is 0.0832. The Morgan fingerprint density at radius 3 is 2.67 bits per heavy atom. The van der Waals surface area contributed by atoms with Crippen LogP contribution in [0.25, 0.3) is 0 Å². The second-order valence-electron chi connectivity index (χ2n) is 4.01. The van der Waals surface area contributed by atoms with Gasteiger partial charge in [0.15, 0.2) is 0 Å². The zero-order valence-electron chi connectivity index (χ0n) is 9.17. The fraction of sp³-hybridized carbons (Fsp3) is 0.455. The van der Waals surface area contributed by atoms with Gasteiger partial charge in [-0.2, -0.15) is 0 Å². The molecule has 0 saturated carbocycles. The topological polar surface area (TPSA) is 41.5 Å². The molecule has 0 amide bonds. The Balaban J connectivity index is 2.76. The van der Waals surface area contributed by atoms with E-state index in [-0.39, 0.29) is 5.82 Å². The summed E-state index contributed by atoms with van der Waals surface area (Å²) in [6.07, 6.45) is 0. The molecule has 0 aliphatic heterocycles. The van der Waals surface area contributed by atoms with Crippen molar-refractivity contribution in [2.75, 3.05) is 19.0 Å². The monoisotopic (exact) mass is 213 g/mol. The number of rotatable bonds is 4. The molecule has 0 heterocycles. The molecule has 0 bridgehead atoms. The highest BCUT2D eigenvalue weighted by atomic mass is 19.1. The van der Waals surface area contributed by atoms with Crippen molar-refractivity contribution in [3.63, 3.8) is 0 Å². The molecule has 1 aromatic rings. The summed E-state index contributed by atoms with van der Waals surface area (Å²) in [6.45, 7) is 3.75. The van der Waals surface area contributed by atoms with Crippen LogP contribution in [0.4, 0.5) is 10.1 Å². The average Bonchev–Trinajstić information content (AvgIpc) is 2.14. The maximum Gasteiger partial charge on any atom is 0.144 e. The fourth-order valence-electron chi connectivity index (χ4n) is 1.12. The van der Waals surface area contributed by atoms with Crippen molar-refractivity contribution in [1.82, 2.24) is 0 Å². The van der Waals surface area contributed by atoms with Gasteiger partial charge in [0.1, 0.15) is 11.6 Å². The molecule has 4 heteroatoms. The first-order valence-electron chi connectivity index (χ1n) is 4.72. The number of hydrogen-bond donors (Lipinski definition) is 2. The van der Waals surface area contributed by atoms with Crippen molar-refractivity contribution in [2.45, 2.75) is 19.4 Å². The number of ether oxygens (including phenoxy) is 1. The lowest BCUT2D eigenvalue weighted by atomic mass is 10.1. The van der Waals surface area contributed by atoms with Gasteiger partial charge >= 0.3 is 0 Å². The van der Waals surface area contributed by atoms with Crippen LogP contribution in [0.15, 0.2) is 18.2 Å². The highest BCUT2D eigenvalue weighted by Gasteiger charge is 2.13. The molecular formula is C11H16FNO2.